The fraction of sp³-hybridized carbons (Fsp3) is 0.650. The van der Waals surface area contributed by atoms with E-state index in [1.807, 2.05) is 0 Å². The summed E-state index contributed by atoms with van der Waals surface area (Å²) in [5, 5.41) is 2.94. The van der Waals surface area contributed by atoms with Crippen LogP contribution in [0.1, 0.15) is 36.0 Å². The number of carbonyl (C=O) groups is 2. The van der Waals surface area contributed by atoms with Gasteiger partial charge in [0.15, 0.2) is 5.82 Å². The quantitative estimate of drug-likeness (QED) is 0.739. The molecule has 0 aliphatic carbocycles. The number of hydrogen-bond donors (Lipinski definition) is 1. The minimum Gasteiger partial charge on any atom is -0.383 e. The molecular weight excluding hydrogens is 363 g/mol. The van der Waals surface area contributed by atoms with Gasteiger partial charge >= 0.3 is 0 Å². The van der Waals surface area contributed by atoms with E-state index in [2.05, 4.69) is 15.2 Å². The molecule has 3 rings (SSSR count). The van der Waals surface area contributed by atoms with Crippen molar-refractivity contribution in [3.63, 3.8) is 0 Å². The number of nitrogens with one attached hydrogen (secondary N) is 1. The number of hydrogen-bond acceptors (Lipinski definition) is 5. The van der Waals surface area contributed by atoms with Crippen molar-refractivity contribution in [2.75, 3.05) is 46.4 Å². The summed E-state index contributed by atoms with van der Waals surface area (Å²) in [6, 6.07) is 1.79. The first-order chi connectivity index (χ1) is 13.6. The zero-order valence-electron chi connectivity index (χ0n) is 16.4. The zero-order chi connectivity index (χ0) is 19.9. The third kappa shape index (κ3) is 5.05. The average molecular weight is 392 g/mol. The number of nitrogens with zero attached hydrogens (tertiary/aromatic N) is 3. The number of pyridine rings is 1. The molecule has 0 spiro atoms. The van der Waals surface area contributed by atoms with Crippen LogP contribution < -0.4 is 5.32 Å². The van der Waals surface area contributed by atoms with E-state index in [-0.39, 0.29) is 23.3 Å². The summed E-state index contributed by atoms with van der Waals surface area (Å²) in [7, 11) is 1.62. The molecule has 0 unspecified atom stereocenters. The number of likely N-dealkylation sites (tertiary alicyclic amines) is 2. The van der Waals surface area contributed by atoms with Gasteiger partial charge in [0.1, 0.15) is 0 Å². The monoisotopic (exact) mass is 392 g/mol. The lowest BCUT2D eigenvalue weighted by atomic mass is 9.93. The van der Waals surface area contributed by atoms with Crippen LogP contribution in [-0.4, -0.2) is 79.1 Å². The molecule has 0 saturated carbocycles. The summed E-state index contributed by atoms with van der Waals surface area (Å²) in [4.78, 5) is 32.7. The SMILES string of the molecule is COCCNC(=O)[C@@H]1CCCN(C2CCN(C(=O)c3ccncc3F)CC2)C1. The van der Waals surface area contributed by atoms with Crippen molar-refractivity contribution in [1.29, 1.82) is 0 Å². The van der Waals surface area contributed by atoms with Gasteiger partial charge in [0.25, 0.3) is 5.91 Å². The van der Waals surface area contributed by atoms with Crippen LogP contribution in [0.4, 0.5) is 4.39 Å². The lowest BCUT2D eigenvalue weighted by Gasteiger charge is -2.42. The van der Waals surface area contributed by atoms with E-state index in [1.54, 1.807) is 12.0 Å². The van der Waals surface area contributed by atoms with Crippen molar-refractivity contribution in [2.45, 2.75) is 31.7 Å². The van der Waals surface area contributed by atoms with Crippen molar-refractivity contribution in [2.24, 2.45) is 5.92 Å². The summed E-state index contributed by atoms with van der Waals surface area (Å²) < 4.78 is 18.8. The van der Waals surface area contributed by atoms with E-state index in [0.29, 0.717) is 32.3 Å². The Morgan fingerprint density at radius 3 is 2.79 bits per heavy atom. The van der Waals surface area contributed by atoms with Crippen molar-refractivity contribution in [3.8, 4) is 0 Å². The maximum absolute atomic E-state index is 13.8. The van der Waals surface area contributed by atoms with Gasteiger partial charge in [-0.25, -0.2) is 4.39 Å². The Bertz CT molecular complexity index is 679. The number of piperidine rings is 2. The van der Waals surface area contributed by atoms with Crippen LogP contribution in [0.15, 0.2) is 18.5 Å². The number of rotatable bonds is 6. The molecule has 8 heteroatoms. The first kappa shape index (κ1) is 20.7. The molecule has 3 heterocycles. The van der Waals surface area contributed by atoms with Crippen LogP contribution in [0, 0.1) is 11.7 Å². The number of ether oxygens (including phenoxy) is 1. The Kier molecular flexibility index (Phi) is 7.33. The van der Waals surface area contributed by atoms with Gasteiger partial charge in [0, 0.05) is 45.5 Å². The van der Waals surface area contributed by atoms with Crippen LogP contribution in [0.5, 0.6) is 0 Å². The second kappa shape index (κ2) is 9.93. The number of methoxy groups -OCH3 is 1. The molecule has 0 bridgehead atoms. The predicted octanol–water partition coefficient (Wildman–Crippen LogP) is 1.30. The fourth-order valence-electron chi connectivity index (χ4n) is 4.13. The highest BCUT2D eigenvalue weighted by Gasteiger charge is 2.33. The van der Waals surface area contributed by atoms with Crippen LogP contribution in [-0.2, 0) is 9.53 Å². The second-order valence-corrected chi connectivity index (χ2v) is 7.50. The van der Waals surface area contributed by atoms with Crippen LogP contribution >= 0.6 is 0 Å². The standard InChI is InChI=1S/C20H29FN4O3/c1-28-12-8-23-19(26)15-3-2-9-25(14-15)16-5-10-24(11-6-16)20(27)17-4-7-22-13-18(17)21/h4,7,13,15-16H,2-3,5-6,8-12,14H2,1H3,(H,23,26)/t15-/m1/s1. The van der Waals surface area contributed by atoms with E-state index in [1.165, 1.54) is 12.3 Å². The highest BCUT2D eigenvalue weighted by Crippen LogP contribution is 2.25. The third-order valence-electron chi connectivity index (χ3n) is 5.70. The lowest BCUT2D eigenvalue weighted by molar-refractivity contribution is -0.127. The molecule has 1 aromatic rings. The molecule has 7 nitrogen and oxygen atoms in total. The number of amides is 2. The summed E-state index contributed by atoms with van der Waals surface area (Å²) in [6.07, 6.45) is 6.12. The Morgan fingerprint density at radius 1 is 1.29 bits per heavy atom. The predicted molar refractivity (Wildman–Crippen MR) is 102 cm³/mol. The van der Waals surface area contributed by atoms with Gasteiger partial charge in [-0.1, -0.05) is 0 Å². The Labute approximate surface area is 165 Å². The molecule has 1 atom stereocenters. The van der Waals surface area contributed by atoms with Gasteiger partial charge in [-0.05, 0) is 38.3 Å². The normalized spacial score (nSPS) is 21.5. The van der Waals surface area contributed by atoms with Crippen LogP contribution in [0.25, 0.3) is 0 Å². The van der Waals surface area contributed by atoms with Gasteiger partial charge < -0.3 is 15.0 Å². The van der Waals surface area contributed by atoms with Gasteiger partial charge in [-0.2, -0.15) is 0 Å². The van der Waals surface area contributed by atoms with Crippen molar-refractivity contribution in [3.05, 3.63) is 29.8 Å². The van der Waals surface area contributed by atoms with Crippen molar-refractivity contribution in [1.82, 2.24) is 20.1 Å². The Morgan fingerprint density at radius 2 is 2.07 bits per heavy atom. The molecule has 2 aliphatic heterocycles. The Balaban J connectivity index is 1.49. The summed E-state index contributed by atoms with van der Waals surface area (Å²) in [6.45, 7) is 4.01. The van der Waals surface area contributed by atoms with Gasteiger partial charge in [-0.15, -0.1) is 0 Å². The van der Waals surface area contributed by atoms with Gasteiger partial charge in [0.2, 0.25) is 5.91 Å². The van der Waals surface area contributed by atoms with Crippen molar-refractivity contribution < 1.29 is 18.7 Å². The first-order valence-corrected chi connectivity index (χ1v) is 9.99. The molecule has 2 fully saturated rings. The van der Waals surface area contributed by atoms with E-state index < -0.39 is 5.82 Å². The Hall–Kier alpha value is -2.06. The molecule has 0 aromatic carbocycles. The maximum atomic E-state index is 13.8. The number of carbonyl (C=O) groups excluding carboxylic acids is 2. The van der Waals surface area contributed by atoms with Crippen LogP contribution in [0.2, 0.25) is 0 Å². The maximum Gasteiger partial charge on any atom is 0.256 e. The molecule has 2 amide bonds. The van der Waals surface area contributed by atoms with Crippen LogP contribution in [0.3, 0.4) is 0 Å². The van der Waals surface area contributed by atoms with Gasteiger partial charge in [-0.3, -0.25) is 19.5 Å². The molecule has 2 saturated heterocycles. The van der Waals surface area contributed by atoms with E-state index in [9.17, 15) is 14.0 Å². The van der Waals surface area contributed by atoms with E-state index in [0.717, 1.165) is 45.0 Å². The largest absolute Gasteiger partial charge is 0.383 e. The highest BCUT2D eigenvalue weighted by molar-refractivity contribution is 5.94. The van der Waals surface area contributed by atoms with Gasteiger partial charge in [0.05, 0.1) is 24.3 Å². The summed E-state index contributed by atoms with van der Waals surface area (Å²) >= 11 is 0. The molecule has 1 N–H and O–H groups in total. The summed E-state index contributed by atoms with van der Waals surface area (Å²) in [5.74, 6) is -0.737. The average Bonchev–Trinajstić information content (AvgIpc) is 2.74. The molecule has 154 valence electrons. The number of halogens is 1. The van der Waals surface area contributed by atoms with E-state index >= 15 is 0 Å². The minimum absolute atomic E-state index is 0.0104. The minimum atomic E-state index is -0.576. The second-order valence-electron chi connectivity index (χ2n) is 7.50. The van der Waals surface area contributed by atoms with Crippen molar-refractivity contribution >= 4 is 11.8 Å². The molecule has 1 aromatic heterocycles. The molecule has 2 aliphatic rings. The fourth-order valence-corrected chi connectivity index (χ4v) is 4.13. The first-order valence-electron chi connectivity index (χ1n) is 9.99. The summed E-state index contributed by atoms with van der Waals surface area (Å²) in [5.41, 5.74) is 0.0826. The molecule has 0 radical (unpaired) electrons. The van der Waals surface area contributed by atoms with E-state index in [4.69, 9.17) is 4.74 Å². The number of aromatic nitrogens is 1. The molecular formula is C20H29FN4O3. The topological polar surface area (TPSA) is 74.8 Å². The smallest absolute Gasteiger partial charge is 0.256 e. The molecule has 28 heavy (non-hydrogen) atoms. The highest BCUT2D eigenvalue weighted by atomic mass is 19.1. The third-order valence-corrected chi connectivity index (χ3v) is 5.70. The lowest BCUT2D eigenvalue weighted by Crippen LogP contribution is -2.51. The zero-order valence-corrected chi connectivity index (χ0v) is 16.4.